The second kappa shape index (κ2) is 3.81. The van der Waals surface area contributed by atoms with Crippen molar-refractivity contribution in [2.75, 3.05) is 0 Å². The Morgan fingerprint density at radius 1 is 1.67 bits per heavy atom. The number of nitrogens with zero attached hydrogens (tertiary/aromatic N) is 2. The van der Waals surface area contributed by atoms with Crippen LogP contribution in [0.25, 0.3) is 0 Å². The van der Waals surface area contributed by atoms with Gasteiger partial charge in [-0.1, -0.05) is 19.1 Å². The Morgan fingerprint density at radius 2 is 2.47 bits per heavy atom. The molecule has 1 N–H and O–H groups in total. The highest BCUT2D eigenvalue weighted by Crippen LogP contribution is 2.34. The van der Waals surface area contributed by atoms with Crippen molar-refractivity contribution in [3.05, 3.63) is 30.4 Å². The summed E-state index contributed by atoms with van der Waals surface area (Å²) < 4.78 is 1.89. The Balaban J connectivity index is 2.26. The van der Waals surface area contributed by atoms with E-state index >= 15 is 0 Å². The number of aryl methyl sites for hydroxylation is 1. The predicted molar refractivity (Wildman–Crippen MR) is 59.3 cm³/mol. The van der Waals surface area contributed by atoms with Gasteiger partial charge in [-0.15, -0.1) is 0 Å². The number of imidazole rings is 1. The summed E-state index contributed by atoms with van der Waals surface area (Å²) in [5, 5.41) is 10.5. The number of hydrogen-bond acceptors (Lipinski definition) is 2. The average molecular weight is 206 g/mol. The van der Waals surface area contributed by atoms with E-state index in [9.17, 15) is 5.11 Å². The molecule has 0 fully saturated rings. The quantitative estimate of drug-likeness (QED) is 0.751. The first kappa shape index (κ1) is 10.4. The van der Waals surface area contributed by atoms with Crippen molar-refractivity contribution in [2.45, 2.75) is 31.8 Å². The standard InChI is InChI=1S/C12H18N2O/c1-3-10-4-6-12(15,7-5-10)11-8-13-9-14(11)2/h4,6,8-10,15H,3,5,7H2,1-2H3. The molecule has 0 amide bonds. The van der Waals surface area contributed by atoms with Gasteiger partial charge in [0.2, 0.25) is 0 Å². The highest BCUT2D eigenvalue weighted by molar-refractivity contribution is 5.21. The van der Waals surface area contributed by atoms with Crippen molar-refractivity contribution in [1.29, 1.82) is 0 Å². The largest absolute Gasteiger partial charge is 0.379 e. The van der Waals surface area contributed by atoms with Crippen LogP contribution in [0.4, 0.5) is 0 Å². The molecule has 1 aromatic rings. The molecule has 3 heteroatoms. The molecule has 0 spiro atoms. The van der Waals surface area contributed by atoms with Crippen LogP contribution in [0, 0.1) is 5.92 Å². The van der Waals surface area contributed by atoms with Gasteiger partial charge in [-0.05, 0) is 25.2 Å². The van der Waals surface area contributed by atoms with Crippen molar-refractivity contribution in [1.82, 2.24) is 9.55 Å². The van der Waals surface area contributed by atoms with E-state index in [4.69, 9.17) is 0 Å². The van der Waals surface area contributed by atoms with Gasteiger partial charge in [0.05, 0.1) is 18.2 Å². The van der Waals surface area contributed by atoms with Crippen LogP contribution in [0.5, 0.6) is 0 Å². The number of rotatable bonds is 2. The molecule has 1 heterocycles. The van der Waals surface area contributed by atoms with E-state index in [-0.39, 0.29) is 0 Å². The molecular formula is C12H18N2O. The van der Waals surface area contributed by atoms with E-state index in [1.807, 2.05) is 17.7 Å². The van der Waals surface area contributed by atoms with Crippen LogP contribution < -0.4 is 0 Å². The number of aromatic nitrogens is 2. The summed E-state index contributed by atoms with van der Waals surface area (Å²) in [6.45, 7) is 2.18. The zero-order valence-corrected chi connectivity index (χ0v) is 9.35. The first-order chi connectivity index (χ1) is 7.15. The molecule has 3 nitrogen and oxygen atoms in total. The molecule has 15 heavy (non-hydrogen) atoms. The summed E-state index contributed by atoms with van der Waals surface area (Å²) in [4.78, 5) is 4.05. The highest BCUT2D eigenvalue weighted by Gasteiger charge is 2.32. The zero-order chi connectivity index (χ0) is 10.9. The minimum atomic E-state index is -0.809. The topological polar surface area (TPSA) is 38.1 Å². The third kappa shape index (κ3) is 1.84. The minimum Gasteiger partial charge on any atom is -0.379 e. The molecule has 2 unspecified atom stereocenters. The van der Waals surface area contributed by atoms with E-state index in [0.29, 0.717) is 5.92 Å². The molecule has 1 aliphatic carbocycles. The average Bonchev–Trinajstić information content (AvgIpc) is 2.66. The van der Waals surface area contributed by atoms with Gasteiger partial charge in [-0.2, -0.15) is 0 Å². The van der Waals surface area contributed by atoms with Crippen LogP contribution in [0.3, 0.4) is 0 Å². The van der Waals surface area contributed by atoms with Gasteiger partial charge in [-0.25, -0.2) is 4.98 Å². The lowest BCUT2D eigenvalue weighted by Gasteiger charge is -2.30. The van der Waals surface area contributed by atoms with E-state index < -0.39 is 5.60 Å². The van der Waals surface area contributed by atoms with Crippen molar-refractivity contribution < 1.29 is 5.11 Å². The Hall–Kier alpha value is -1.09. The van der Waals surface area contributed by atoms with E-state index in [0.717, 1.165) is 25.0 Å². The van der Waals surface area contributed by atoms with Crippen molar-refractivity contribution in [3.63, 3.8) is 0 Å². The lowest BCUT2D eigenvalue weighted by atomic mass is 9.82. The van der Waals surface area contributed by atoms with Gasteiger partial charge in [-0.3, -0.25) is 0 Å². The lowest BCUT2D eigenvalue weighted by Crippen LogP contribution is -2.29. The molecule has 0 saturated carbocycles. The summed E-state index contributed by atoms with van der Waals surface area (Å²) in [6, 6.07) is 0. The van der Waals surface area contributed by atoms with E-state index in [1.54, 1.807) is 12.5 Å². The minimum absolute atomic E-state index is 0.624. The Labute approximate surface area is 90.5 Å². The molecule has 0 bridgehead atoms. The Kier molecular flexibility index (Phi) is 2.65. The smallest absolute Gasteiger partial charge is 0.124 e. The van der Waals surface area contributed by atoms with Crippen molar-refractivity contribution >= 4 is 0 Å². The SMILES string of the molecule is CCC1C=CC(O)(c2cncn2C)CC1. The normalized spacial score (nSPS) is 30.7. The summed E-state index contributed by atoms with van der Waals surface area (Å²) >= 11 is 0. The first-order valence-electron chi connectivity index (χ1n) is 5.54. The van der Waals surface area contributed by atoms with Crippen LogP contribution in [-0.2, 0) is 12.6 Å². The molecule has 0 saturated heterocycles. The zero-order valence-electron chi connectivity index (χ0n) is 9.35. The van der Waals surface area contributed by atoms with Crippen LogP contribution in [0.15, 0.2) is 24.7 Å². The number of aliphatic hydroxyl groups is 1. The van der Waals surface area contributed by atoms with E-state index in [2.05, 4.69) is 18.0 Å². The van der Waals surface area contributed by atoms with Gasteiger partial charge in [0.25, 0.3) is 0 Å². The molecule has 0 aromatic carbocycles. The third-order valence-electron chi connectivity index (χ3n) is 3.32. The number of hydrogen-bond donors (Lipinski definition) is 1. The van der Waals surface area contributed by atoms with Gasteiger partial charge in [0.1, 0.15) is 5.60 Å². The second-order valence-electron chi connectivity index (χ2n) is 4.38. The fourth-order valence-corrected chi connectivity index (χ4v) is 2.21. The molecule has 1 aromatic heterocycles. The summed E-state index contributed by atoms with van der Waals surface area (Å²) in [5.41, 5.74) is 0.0741. The summed E-state index contributed by atoms with van der Waals surface area (Å²) in [7, 11) is 1.92. The lowest BCUT2D eigenvalue weighted by molar-refractivity contribution is 0.0588. The third-order valence-corrected chi connectivity index (χ3v) is 3.32. The molecule has 2 atom stereocenters. The van der Waals surface area contributed by atoms with Crippen LogP contribution in [-0.4, -0.2) is 14.7 Å². The fourth-order valence-electron chi connectivity index (χ4n) is 2.21. The molecule has 0 aliphatic heterocycles. The maximum Gasteiger partial charge on any atom is 0.124 e. The molecule has 2 rings (SSSR count). The molecule has 1 aliphatic rings. The second-order valence-corrected chi connectivity index (χ2v) is 4.38. The molecule has 0 radical (unpaired) electrons. The summed E-state index contributed by atoms with van der Waals surface area (Å²) in [5.74, 6) is 0.624. The molecular weight excluding hydrogens is 188 g/mol. The number of allylic oxidation sites excluding steroid dienone is 1. The van der Waals surface area contributed by atoms with Gasteiger partial charge < -0.3 is 9.67 Å². The maximum absolute atomic E-state index is 10.5. The van der Waals surface area contributed by atoms with Gasteiger partial charge in [0, 0.05) is 7.05 Å². The predicted octanol–water partition coefficient (Wildman–Crippen LogP) is 1.98. The van der Waals surface area contributed by atoms with Crippen LogP contribution in [0.1, 0.15) is 31.9 Å². The first-order valence-corrected chi connectivity index (χ1v) is 5.54. The van der Waals surface area contributed by atoms with Crippen LogP contribution >= 0.6 is 0 Å². The Bertz CT molecular complexity index is 369. The highest BCUT2D eigenvalue weighted by atomic mass is 16.3. The van der Waals surface area contributed by atoms with Crippen molar-refractivity contribution in [2.24, 2.45) is 13.0 Å². The van der Waals surface area contributed by atoms with Gasteiger partial charge in [0.15, 0.2) is 0 Å². The van der Waals surface area contributed by atoms with Gasteiger partial charge >= 0.3 is 0 Å². The molecule has 82 valence electrons. The maximum atomic E-state index is 10.5. The van der Waals surface area contributed by atoms with Crippen molar-refractivity contribution in [3.8, 4) is 0 Å². The summed E-state index contributed by atoms with van der Waals surface area (Å²) in [6.07, 6.45) is 10.5. The Morgan fingerprint density at radius 3 is 2.93 bits per heavy atom. The van der Waals surface area contributed by atoms with Crippen LogP contribution in [0.2, 0.25) is 0 Å². The monoisotopic (exact) mass is 206 g/mol. The van der Waals surface area contributed by atoms with E-state index in [1.165, 1.54) is 0 Å². The fraction of sp³-hybridized carbons (Fsp3) is 0.583.